The van der Waals surface area contributed by atoms with E-state index in [0.29, 0.717) is 5.57 Å². The smallest absolute Gasteiger partial charge is 0.330 e. The zero-order chi connectivity index (χ0) is 9.56. The second kappa shape index (κ2) is 5.58. The van der Waals surface area contributed by atoms with Crippen LogP contribution in [0.25, 0.3) is 0 Å². The molecule has 2 heteroatoms. The summed E-state index contributed by atoms with van der Waals surface area (Å²) in [6, 6.07) is 0. The zero-order valence-electron chi connectivity index (χ0n) is 7.92. The quantitative estimate of drug-likeness (QED) is 0.517. The van der Waals surface area contributed by atoms with Gasteiger partial charge in [0.2, 0.25) is 0 Å². The molecule has 0 saturated heterocycles. The van der Waals surface area contributed by atoms with Crippen molar-refractivity contribution in [3.8, 4) is 0 Å². The summed E-state index contributed by atoms with van der Waals surface area (Å²) in [6.45, 7) is 5.65. The first-order valence-corrected chi connectivity index (χ1v) is 4.09. The van der Waals surface area contributed by atoms with Gasteiger partial charge in [-0.2, -0.15) is 0 Å². The van der Waals surface area contributed by atoms with E-state index in [4.69, 9.17) is 5.11 Å². The molecule has 0 atom stereocenters. The van der Waals surface area contributed by atoms with Gasteiger partial charge < -0.3 is 5.11 Å². The van der Waals surface area contributed by atoms with Gasteiger partial charge in [-0.05, 0) is 33.6 Å². The molecular formula is C10H16O2. The third-order valence-electron chi connectivity index (χ3n) is 1.82. The molecule has 0 aliphatic rings. The van der Waals surface area contributed by atoms with E-state index >= 15 is 0 Å². The highest BCUT2D eigenvalue weighted by Gasteiger charge is 1.97. The fourth-order valence-electron chi connectivity index (χ4n) is 0.748. The fraction of sp³-hybridized carbons (Fsp3) is 0.500. The van der Waals surface area contributed by atoms with Gasteiger partial charge in [-0.1, -0.05) is 17.7 Å². The molecule has 68 valence electrons. The Morgan fingerprint density at radius 2 is 2.00 bits per heavy atom. The Labute approximate surface area is 73.6 Å². The van der Waals surface area contributed by atoms with Crippen molar-refractivity contribution in [2.75, 3.05) is 0 Å². The van der Waals surface area contributed by atoms with Gasteiger partial charge in [0.05, 0.1) is 0 Å². The Balaban J connectivity index is 3.83. The molecule has 12 heavy (non-hydrogen) atoms. The first-order valence-electron chi connectivity index (χ1n) is 4.09. The molecule has 0 bridgehead atoms. The van der Waals surface area contributed by atoms with Gasteiger partial charge >= 0.3 is 5.97 Å². The van der Waals surface area contributed by atoms with Crippen molar-refractivity contribution in [3.63, 3.8) is 0 Å². The average Bonchev–Trinajstić information content (AvgIpc) is 2.03. The molecular weight excluding hydrogens is 152 g/mol. The van der Waals surface area contributed by atoms with Crippen molar-refractivity contribution >= 4 is 5.97 Å². The number of carboxylic acid groups (broad SMARTS) is 1. The normalized spacial score (nSPS) is 13.2. The van der Waals surface area contributed by atoms with Crippen LogP contribution < -0.4 is 0 Å². The standard InChI is InChI=1S/C10H16O2/c1-4-8(2)6-5-7-9(3)10(11)12/h4,7H,5-6H2,1-3H3,(H,11,12)/b8-4-,9-7+. The lowest BCUT2D eigenvalue weighted by atomic mass is 10.1. The molecule has 0 saturated carbocycles. The SMILES string of the molecule is C/C=C(/C)CC/C=C(\C)C(=O)O. The van der Waals surface area contributed by atoms with Crippen molar-refractivity contribution in [2.24, 2.45) is 0 Å². The number of hydrogen-bond acceptors (Lipinski definition) is 1. The molecule has 0 heterocycles. The fourth-order valence-corrected chi connectivity index (χ4v) is 0.748. The number of carbonyl (C=O) groups is 1. The Morgan fingerprint density at radius 3 is 2.42 bits per heavy atom. The summed E-state index contributed by atoms with van der Waals surface area (Å²) in [4.78, 5) is 10.4. The molecule has 0 radical (unpaired) electrons. The van der Waals surface area contributed by atoms with Gasteiger partial charge in [0.1, 0.15) is 0 Å². The maximum Gasteiger partial charge on any atom is 0.330 e. The second-order valence-electron chi connectivity index (χ2n) is 2.87. The van der Waals surface area contributed by atoms with Crippen molar-refractivity contribution < 1.29 is 9.90 Å². The van der Waals surface area contributed by atoms with Crippen molar-refractivity contribution in [1.82, 2.24) is 0 Å². The minimum absolute atomic E-state index is 0.430. The summed E-state index contributed by atoms with van der Waals surface area (Å²) < 4.78 is 0. The zero-order valence-corrected chi connectivity index (χ0v) is 7.92. The van der Waals surface area contributed by atoms with E-state index in [9.17, 15) is 4.79 Å². The van der Waals surface area contributed by atoms with Crippen molar-refractivity contribution in [3.05, 3.63) is 23.3 Å². The van der Waals surface area contributed by atoms with E-state index < -0.39 is 5.97 Å². The van der Waals surface area contributed by atoms with Crippen LogP contribution in [-0.2, 0) is 4.79 Å². The second-order valence-corrected chi connectivity index (χ2v) is 2.87. The Morgan fingerprint density at radius 1 is 1.42 bits per heavy atom. The molecule has 0 aliphatic carbocycles. The lowest BCUT2D eigenvalue weighted by molar-refractivity contribution is -0.132. The molecule has 0 spiro atoms. The van der Waals surface area contributed by atoms with Gasteiger partial charge in [0.25, 0.3) is 0 Å². The summed E-state index contributed by atoms with van der Waals surface area (Å²) in [7, 11) is 0. The summed E-state index contributed by atoms with van der Waals surface area (Å²) >= 11 is 0. The summed E-state index contributed by atoms with van der Waals surface area (Å²) in [5.74, 6) is -0.826. The van der Waals surface area contributed by atoms with E-state index in [0.717, 1.165) is 12.8 Å². The maximum atomic E-state index is 10.4. The number of allylic oxidation sites excluding steroid dienone is 3. The number of aliphatic carboxylic acids is 1. The van der Waals surface area contributed by atoms with E-state index in [2.05, 4.69) is 0 Å². The van der Waals surface area contributed by atoms with E-state index in [1.165, 1.54) is 5.57 Å². The van der Waals surface area contributed by atoms with Crippen LogP contribution >= 0.6 is 0 Å². The number of hydrogen-bond donors (Lipinski definition) is 1. The molecule has 0 aliphatic heterocycles. The van der Waals surface area contributed by atoms with Crippen LogP contribution in [0.5, 0.6) is 0 Å². The third kappa shape index (κ3) is 4.72. The topological polar surface area (TPSA) is 37.3 Å². The molecule has 2 nitrogen and oxygen atoms in total. The Hall–Kier alpha value is -1.05. The van der Waals surface area contributed by atoms with Crippen LogP contribution in [0.1, 0.15) is 33.6 Å². The predicted molar refractivity (Wildman–Crippen MR) is 50.1 cm³/mol. The van der Waals surface area contributed by atoms with Gasteiger partial charge in [-0.15, -0.1) is 0 Å². The highest BCUT2D eigenvalue weighted by atomic mass is 16.4. The maximum absolute atomic E-state index is 10.4. The minimum atomic E-state index is -0.826. The molecule has 1 N–H and O–H groups in total. The highest BCUT2D eigenvalue weighted by Crippen LogP contribution is 2.06. The van der Waals surface area contributed by atoms with Crippen LogP contribution in [-0.4, -0.2) is 11.1 Å². The molecule has 0 aromatic rings. The van der Waals surface area contributed by atoms with Gasteiger partial charge in [-0.25, -0.2) is 4.79 Å². The van der Waals surface area contributed by atoms with Crippen LogP contribution in [0.15, 0.2) is 23.3 Å². The van der Waals surface area contributed by atoms with Gasteiger partial charge in [0, 0.05) is 5.57 Å². The van der Waals surface area contributed by atoms with Gasteiger partial charge in [-0.3, -0.25) is 0 Å². The van der Waals surface area contributed by atoms with E-state index in [1.54, 1.807) is 13.0 Å². The summed E-state index contributed by atoms with van der Waals surface area (Å²) in [5.41, 5.74) is 1.73. The minimum Gasteiger partial charge on any atom is -0.478 e. The molecule has 0 amide bonds. The predicted octanol–water partition coefficient (Wildman–Crippen LogP) is 2.76. The largest absolute Gasteiger partial charge is 0.478 e. The lowest BCUT2D eigenvalue weighted by Crippen LogP contribution is -1.95. The number of carboxylic acids is 1. The molecule has 0 aromatic heterocycles. The first kappa shape index (κ1) is 11.0. The average molecular weight is 168 g/mol. The van der Waals surface area contributed by atoms with Crippen LogP contribution in [0, 0.1) is 0 Å². The van der Waals surface area contributed by atoms with Crippen LogP contribution in [0.3, 0.4) is 0 Å². The summed E-state index contributed by atoms with van der Waals surface area (Å²) in [6.07, 6.45) is 5.56. The number of rotatable bonds is 4. The van der Waals surface area contributed by atoms with E-state index in [1.807, 2.05) is 19.9 Å². The van der Waals surface area contributed by atoms with Crippen LogP contribution in [0.2, 0.25) is 0 Å². The Kier molecular flexibility index (Phi) is 5.09. The van der Waals surface area contributed by atoms with Crippen molar-refractivity contribution in [1.29, 1.82) is 0 Å². The molecule has 0 rings (SSSR count). The van der Waals surface area contributed by atoms with Crippen LogP contribution in [0.4, 0.5) is 0 Å². The first-order chi connectivity index (χ1) is 5.57. The van der Waals surface area contributed by atoms with Gasteiger partial charge in [0.15, 0.2) is 0 Å². The molecule has 0 unspecified atom stereocenters. The highest BCUT2D eigenvalue weighted by molar-refractivity contribution is 5.85. The molecule has 0 aromatic carbocycles. The monoisotopic (exact) mass is 168 g/mol. The Bertz CT molecular complexity index is 212. The molecule has 0 fully saturated rings. The summed E-state index contributed by atoms with van der Waals surface area (Å²) in [5, 5.41) is 8.52. The van der Waals surface area contributed by atoms with E-state index in [-0.39, 0.29) is 0 Å². The van der Waals surface area contributed by atoms with Crippen molar-refractivity contribution in [2.45, 2.75) is 33.6 Å². The lowest BCUT2D eigenvalue weighted by Gasteiger charge is -1.96. The third-order valence-corrected chi connectivity index (χ3v) is 1.82.